The molecule has 24 heavy (non-hydrogen) atoms. The first-order valence-electron chi connectivity index (χ1n) is 8.59. The van der Waals surface area contributed by atoms with Crippen LogP contribution in [-0.4, -0.2) is 57.8 Å². The Labute approximate surface area is 164 Å². The quantitative estimate of drug-likeness (QED) is 0.374. The molecule has 2 N–H and O–H groups in total. The number of nitrogens with one attached hydrogen (secondary N) is 2. The molecule has 0 aromatic rings. The average Bonchev–Trinajstić information content (AvgIpc) is 2.81. The molecular formula is C16H33IN4O2S. The fraction of sp³-hybridized carbons (Fsp3) is 0.938. The first-order valence-corrected chi connectivity index (χ1v) is 10.5. The molecule has 2 rings (SSSR count). The van der Waals surface area contributed by atoms with Gasteiger partial charge in [0.05, 0.1) is 6.26 Å². The number of hydrogen-bond acceptors (Lipinski definition) is 3. The number of sulfonamides is 1. The minimum atomic E-state index is -3.22. The SMILES string of the molecule is CN=C(NCC(C)(C)NS(C)(=O)=O)N1CCC2(CCCCC2)C1.I. The molecule has 0 aromatic carbocycles. The number of likely N-dealkylation sites (tertiary alicyclic amines) is 1. The third-order valence-electron chi connectivity index (χ3n) is 5.01. The first-order chi connectivity index (χ1) is 10.6. The van der Waals surface area contributed by atoms with Gasteiger partial charge in [0.2, 0.25) is 10.0 Å². The van der Waals surface area contributed by atoms with Gasteiger partial charge in [-0.05, 0) is 38.5 Å². The Morgan fingerprint density at radius 3 is 2.38 bits per heavy atom. The minimum Gasteiger partial charge on any atom is -0.354 e. The van der Waals surface area contributed by atoms with Crippen molar-refractivity contribution in [3.63, 3.8) is 0 Å². The lowest BCUT2D eigenvalue weighted by Gasteiger charge is -2.34. The molecule has 142 valence electrons. The lowest BCUT2D eigenvalue weighted by molar-refractivity contribution is 0.203. The van der Waals surface area contributed by atoms with Crippen LogP contribution in [0.5, 0.6) is 0 Å². The number of hydrogen-bond donors (Lipinski definition) is 2. The van der Waals surface area contributed by atoms with Crippen molar-refractivity contribution in [2.24, 2.45) is 10.4 Å². The fourth-order valence-corrected chi connectivity index (χ4v) is 5.07. The van der Waals surface area contributed by atoms with E-state index in [0.717, 1.165) is 19.0 Å². The highest BCUT2D eigenvalue weighted by Crippen LogP contribution is 2.43. The molecule has 6 nitrogen and oxygen atoms in total. The summed E-state index contributed by atoms with van der Waals surface area (Å²) in [5.74, 6) is 0.885. The zero-order valence-corrected chi connectivity index (χ0v) is 18.5. The maximum atomic E-state index is 11.4. The standard InChI is InChI=1S/C16H32N4O2S.HI/c1-15(2,19-23(4,21)22)12-18-14(17-3)20-11-10-16(13-20)8-6-5-7-9-16;/h19H,5-13H2,1-4H3,(H,17,18);1H. The van der Waals surface area contributed by atoms with Crippen molar-refractivity contribution in [3.05, 3.63) is 0 Å². The molecule has 0 bridgehead atoms. The summed E-state index contributed by atoms with van der Waals surface area (Å²) in [6, 6.07) is 0. The largest absolute Gasteiger partial charge is 0.354 e. The molecule has 0 atom stereocenters. The lowest BCUT2D eigenvalue weighted by atomic mass is 9.73. The molecule has 0 aromatic heterocycles. The Morgan fingerprint density at radius 1 is 1.21 bits per heavy atom. The summed E-state index contributed by atoms with van der Waals surface area (Å²) in [5.41, 5.74) is -0.0673. The van der Waals surface area contributed by atoms with Crippen molar-refractivity contribution in [1.82, 2.24) is 14.9 Å². The van der Waals surface area contributed by atoms with Crippen LogP contribution >= 0.6 is 24.0 Å². The minimum absolute atomic E-state index is 0. The maximum absolute atomic E-state index is 11.4. The van der Waals surface area contributed by atoms with E-state index in [2.05, 4.69) is 19.9 Å². The normalized spacial score (nSPS) is 21.7. The van der Waals surface area contributed by atoms with Crippen LogP contribution in [0.3, 0.4) is 0 Å². The van der Waals surface area contributed by atoms with Crippen LogP contribution in [0.25, 0.3) is 0 Å². The van der Waals surface area contributed by atoms with Crippen molar-refractivity contribution < 1.29 is 8.42 Å². The summed E-state index contributed by atoms with van der Waals surface area (Å²) in [6.07, 6.45) is 9.19. The molecule has 1 saturated carbocycles. The van der Waals surface area contributed by atoms with E-state index in [4.69, 9.17) is 0 Å². The van der Waals surface area contributed by atoms with Gasteiger partial charge in [-0.3, -0.25) is 4.99 Å². The molecule has 1 aliphatic carbocycles. The van der Waals surface area contributed by atoms with Gasteiger partial charge in [0.25, 0.3) is 0 Å². The van der Waals surface area contributed by atoms with Crippen molar-refractivity contribution in [2.75, 3.05) is 32.9 Å². The zero-order chi connectivity index (χ0) is 17.1. The van der Waals surface area contributed by atoms with E-state index in [1.807, 2.05) is 13.8 Å². The van der Waals surface area contributed by atoms with Gasteiger partial charge in [0, 0.05) is 32.2 Å². The van der Waals surface area contributed by atoms with Crippen LogP contribution in [0.1, 0.15) is 52.4 Å². The Balaban J connectivity index is 0.00000288. The second kappa shape index (κ2) is 8.53. The van der Waals surface area contributed by atoms with E-state index in [0.29, 0.717) is 12.0 Å². The van der Waals surface area contributed by atoms with Gasteiger partial charge in [0.15, 0.2) is 5.96 Å². The number of aliphatic imine (C=N–C) groups is 1. The predicted octanol–water partition coefficient (Wildman–Crippen LogP) is 2.16. The van der Waals surface area contributed by atoms with E-state index in [1.165, 1.54) is 44.8 Å². The molecule has 0 radical (unpaired) electrons. The maximum Gasteiger partial charge on any atom is 0.209 e. The van der Waals surface area contributed by atoms with Crippen LogP contribution in [0.15, 0.2) is 4.99 Å². The Morgan fingerprint density at radius 2 is 1.83 bits per heavy atom. The lowest BCUT2D eigenvalue weighted by Crippen LogP contribution is -2.53. The van der Waals surface area contributed by atoms with E-state index in [1.54, 1.807) is 7.05 Å². The van der Waals surface area contributed by atoms with Gasteiger partial charge >= 0.3 is 0 Å². The number of halogens is 1. The van der Waals surface area contributed by atoms with E-state index < -0.39 is 15.6 Å². The molecule has 2 aliphatic rings. The first kappa shape index (κ1) is 22.0. The smallest absolute Gasteiger partial charge is 0.209 e. The van der Waals surface area contributed by atoms with Gasteiger partial charge in [-0.25, -0.2) is 13.1 Å². The molecule has 8 heteroatoms. The second-order valence-corrected chi connectivity index (χ2v) is 9.64. The highest BCUT2D eigenvalue weighted by Gasteiger charge is 2.40. The number of nitrogens with zero attached hydrogens (tertiary/aromatic N) is 2. The molecule has 0 amide bonds. The highest BCUT2D eigenvalue weighted by molar-refractivity contribution is 14.0. The van der Waals surface area contributed by atoms with Gasteiger partial charge in [-0.15, -0.1) is 24.0 Å². The van der Waals surface area contributed by atoms with Gasteiger partial charge in [-0.1, -0.05) is 19.3 Å². The van der Waals surface area contributed by atoms with Crippen LogP contribution in [0.4, 0.5) is 0 Å². The van der Waals surface area contributed by atoms with Crippen LogP contribution < -0.4 is 10.0 Å². The topological polar surface area (TPSA) is 73.8 Å². The van der Waals surface area contributed by atoms with Crippen molar-refractivity contribution in [3.8, 4) is 0 Å². The molecule has 0 unspecified atom stereocenters. The van der Waals surface area contributed by atoms with Crippen molar-refractivity contribution in [2.45, 2.75) is 57.9 Å². The van der Waals surface area contributed by atoms with E-state index in [-0.39, 0.29) is 24.0 Å². The van der Waals surface area contributed by atoms with Crippen LogP contribution in [0, 0.1) is 5.41 Å². The van der Waals surface area contributed by atoms with Gasteiger partial charge in [0.1, 0.15) is 0 Å². The van der Waals surface area contributed by atoms with Crippen molar-refractivity contribution in [1.29, 1.82) is 0 Å². The zero-order valence-electron chi connectivity index (χ0n) is 15.4. The molecule has 1 spiro atoms. The molecule has 1 saturated heterocycles. The summed E-state index contributed by atoms with van der Waals surface area (Å²) in [7, 11) is -1.42. The summed E-state index contributed by atoms with van der Waals surface area (Å²) in [4.78, 5) is 6.74. The monoisotopic (exact) mass is 472 g/mol. The Hall–Kier alpha value is -0.0900. The van der Waals surface area contributed by atoms with E-state index >= 15 is 0 Å². The van der Waals surface area contributed by atoms with Gasteiger partial charge in [-0.2, -0.15) is 0 Å². The summed E-state index contributed by atoms with van der Waals surface area (Å²) >= 11 is 0. The van der Waals surface area contributed by atoms with Gasteiger partial charge < -0.3 is 10.2 Å². The third-order valence-corrected chi connectivity index (χ3v) is 5.94. The highest BCUT2D eigenvalue weighted by atomic mass is 127. The molecule has 1 heterocycles. The molecule has 2 fully saturated rings. The Kier molecular flexibility index (Phi) is 7.80. The second-order valence-electron chi connectivity index (χ2n) is 7.89. The van der Waals surface area contributed by atoms with Crippen LogP contribution in [0.2, 0.25) is 0 Å². The molecular weight excluding hydrogens is 439 g/mol. The molecule has 1 aliphatic heterocycles. The average molecular weight is 472 g/mol. The fourth-order valence-electron chi connectivity index (χ4n) is 4.00. The Bertz CT molecular complexity index is 542. The van der Waals surface area contributed by atoms with E-state index in [9.17, 15) is 8.42 Å². The summed E-state index contributed by atoms with van der Waals surface area (Å²) in [6.45, 7) is 6.38. The summed E-state index contributed by atoms with van der Waals surface area (Å²) < 4.78 is 25.5. The summed E-state index contributed by atoms with van der Waals surface area (Å²) in [5, 5.41) is 3.35. The predicted molar refractivity (Wildman–Crippen MR) is 111 cm³/mol. The number of rotatable bonds is 4. The van der Waals surface area contributed by atoms with Crippen molar-refractivity contribution >= 4 is 40.0 Å². The third kappa shape index (κ3) is 6.33. The van der Waals surface area contributed by atoms with Crippen LogP contribution in [-0.2, 0) is 10.0 Å². The number of guanidine groups is 1.